The molecule has 14 nitrogen and oxygen atoms in total. The molecule has 1 aromatic heterocycles. The molecular weight excluding hydrogens is 742 g/mol. The van der Waals surface area contributed by atoms with Gasteiger partial charge in [-0.25, -0.2) is 4.39 Å². The highest BCUT2D eigenvalue weighted by Crippen LogP contribution is 2.41. The maximum absolute atomic E-state index is 16.1. The smallest absolute Gasteiger partial charge is 0.262 e. The van der Waals surface area contributed by atoms with Gasteiger partial charge in [0.05, 0.1) is 35.4 Å². The monoisotopic (exact) mass is 791 g/mol. The van der Waals surface area contributed by atoms with E-state index in [4.69, 9.17) is 4.74 Å². The van der Waals surface area contributed by atoms with Crippen LogP contribution in [0, 0.1) is 5.92 Å². The zero-order valence-corrected chi connectivity index (χ0v) is 32.9. The second-order valence-corrected chi connectivity index (χ2v) is 17.6. The van der Waals surface area contributed by atoms with Crippen LogP contribution in [0.3, 0.4) is 0 Å². The average molecular weight is 792 g/mol. The van der Waals surface area contributed by atoms with Gasteiger partial charge in [-0.15, -0.1) is 0 Å². The number of piperazine rings is 1. The molecule has 1 unspecified atom stereocenters. The summed E-state index contributed by atoms with van der Waals surface area (Å²) in [6, 6.07) is 10.5. The molecule has 6 aliphatic heterocycles. The number of allylic oxidation sites excluding steroid dienone is 2. The lowest BCUT2D eigenvalue weighted by Crippen LogP contribution is -2.65. The molecule has 4 saturated heterocycles. The number of benzene rings is 2. The van der Waals surface area contributed by atoms with Crippen LogP contribution in [-0.2, 0) is 9.59 Å². The number of ether oxygens (including phenoxy) is 1. The molecular formula is C43H50FN9O5. The third kappa shape index (κ3) is 7.01. The summed E-state index contributed by atoms with van der Waals surface area (Å²) in [5, 5.41) is 14.5. The molecule has 3 N–H and O–H groups in total. The number of hydrogen-bond acceptors (Lipinski definition) is 11. The zero-order chi connectivity index (χ0) is 39.8. The molecule has 4 amide bonds. The Balaban J connectivity index is 0.677. The Bertz CT molecular complexity index is 2240. The number of H-pyrrole nitrogens is 1. The number of hydrogen-bond donors (Lipinski definition) is 3. The van der Waals surface area contributed by atoms with Crippen LogP contribution in [0.15, 0.2) is 54.4 Å². The second-order valence-electron chi connectivity index (χ2n) is 17.6. The SMILES string of the molecule is CC1(Oc2ccc3[nH]nc(C4=CCNC(N5CC(F)(CN6CCN(CC7CCN(c8ccc9c(c8)C(=O)N(C8CCC(=O)NC8=O)C9=O)CC7)CC6)C5)=C4)c3c2)CC1. The molecule has 0 radical (unpaired) electrons. The summed E-state index contributed by atoms with van der Waals surface area (Å²) in [4.78, 5) is 60.7. The number of imide groups is 2. The Hall–Kier alpha value is -5.28. The van der Waals surface area contributed by atoms with Crippen LogP contribution >= 0.6 is 0 Å². The lowest BCUT2D eigenvalue weighted by molar-refractivity contribution is -0.136. The predicted molar refractivity (Wildman–Crippen MR) is 215 cm³/mol. The molecule has 304 valence electrons. The van der Waals surface area contributed by atoms with Crippen molar-refractivity contribution in [1.29, 1.82) is 0 Å². The summed E-state index contributed by atoms with van der Waals surface area (Å²) < 4.78 is 22.3. The Kier molecular flexibility index (Phi) is 9.08. The molecule has 1 saturated carbocycles. The minimum Gasteiger partial charge on any atom is -0.488 e. The van der Waals surface area contributed by atoms with Gasteiger partial charge in [0.2, 0.25) is 11.8 Å². The van der Waals surface area contributed by atoms with Crippen molar-refractivity contribution >= 4 is 45.8 Å². The van der Waals surface area contributed by atoms with Crippen molar-refractivity contribution in [3.63, 3.8) is 0 Å². The van der Waals surface area contributed by atoms with Crippen molar-refractivity contribution in [2.75, 3.05) is 76.9 Å². The van der Waals surface area contributed by atoms with Crippen LogP contribution in [0.1, 0.15) is 71.9 Å². The van der Waals surface area contributed by atoms with Crippen molar-refractivity contribution in [3.05, 3.63) is 71.2 Å². The number of aromatic nitrogens is 2. The molecule has 10 rings (SSSR count). The third-order valence-corrected chi connectivity index (χ3v) is 13.2. The summed E-state index contributed by atoms with van der Waals surface area (Å²) >= 11 is 0. The maximum atomic E-state index is 16.1. The number of fused-ring (bicyclic) bond motifs is 2. The molecule has 0 spiro atoms. The first-order valence-corrected chi connectivity index (χ1v) is 20.8. The number of aromatic amines is 1. The highest BCUT2D eigenvalue weighted by Gasteiger charge is 2.47. The highest BCUT2D eigenvalue weighted by atomic mass is 19.1. The fraction of sp³-hybridized carbons (Fsp3) is 0.512. The van der Waals surface area contributed by atoms with Crippen molar-refractivity contribution in [3.8, 4) is 5.75 Å². The van der Waals surface area contributed by atoms with Crippen LogP contribution in [0.5, 0.6) is 5.75 Å². The standard InChI is InChI=1S/C43H50FN9O5/c1-42(11-12-42)58-30-3-5-34-33(22-30)38(48-47-34)28-8-13-45-36(20-28)52-25-43(44,26-52)24-50-18-16-49(17-19-50)23-27-9-14-51(15-10-27)29-2-4-31-32(21-29)41(57)53(40(31)56)35-6-7-37(54)46-39(35)55/h2-5,8,20-22,27,35,45H,6-7,9-19,23-26H2,1H3,(H,47,48)(H,46,54,55). The number of carbonyl (C=O) groups excluding carboxylic acids is 4. The first kappa shape index (κ1) is 37.0. The largest absolute Gasteiger partial charge is 0.488 e. The molecule has 0 bridgehead atoms. The number of likely N-dealkylation sites (tertiary alicyclic amines) is 1. The summed E-state index contributed by atoms with van der Waals surface area (Å²) in [5.41, 5.74) is 3.07. The second kappa shape index (κ2) is 14.2. The van der Waals surface area contributed by atoms with Crippen molar-refractivity contribution in [2.45, 2.75) is 62.8 Å². The normalized spacial score (nSPS) is 24.9. The minimum atomic E-state index is -1.25. The van der Waals surface area contributed by atoms with E-state index < -0.39 is 29.4 Å². The highest BCUT2D eigenvalue weighted by molar-refractivity contribution is 6.23. The van der Waals surface area contributed by atoms with Crippen molar-refractivity contribution in [2.24, 2.45) is 5.92 Å². The first-order valence-electron chi connectivity index (χ1n) is 20.8. The number of amides is 4. The Morgan fingerprint density at radius 2 is 1.64 bits per heavy atom. The summed E-state index contributed by atoms with van der Waals surface area (Å²) in [7, 11) is 0. The Morgan fingerprint density at radius 3 is 2.40 bits per heavy atom. The van der Waals surface area contributed by atoms with Crippen LogP contribution in [-0.4, -0.2) is 143 Å². The zero-order valence-electron chi connectivity index (χ0n) is 32.9. The van der Waals surface area contributed by atoms with Gasteiger partial charge in [-0.3, -0.25) is 39.4 Å². The number of anilines is 1. The fourth-order valence-corrected chi connectivity index (χ4v) is 9.56. The average Bonchev–Trinajstić information content (AvgIpc) is 3.69. The number of rotatable bonds is 10. The molecule has 7 heterocycles. The van der Waals surface area contributed by atoms with Gasteiger partial charge in [0.1, 0.15) is 23.2 Å². The summed E-state index contributed by atoms with van der Waals surface area (Å²) in [6.07, 6.45) is 8.63. The van der Waals surface area contributed by atoms with Crippen LogP contribution in [0.4, 0.5) is 10.1 Å². The van der Waals surface area contributed by atoms with Gasteiger partial charge in [-0.1, -0.05) is 6.08 Å². The van der Waals surface area contributed by atoms with Crippen LogP contribution in [0.2, 0.25) is 0 Å². The molecule has 2 aromatic carbocycles. The molecule has 5 fully saturated rings. The van der Waals surface area contributed by atoms with Gasteiger partial charge >= 0.3 is 0 Å². The van der Waals surface area contributed by atoms with Crippen LogP contribution < -0.4 is 20.3 Å². The van der Waals surface area contributed by atoms with E-state index in [9.17, 15) is 19.2 Å². The molecule has 1 aliphatic carbocycles. The number of halogens is 1. The lowest BCUT2D eigenvalue weighted by atomic mass is 9.93. The van der Waals surface area contributed by atoms with E-state index >= 15 is 4.39 Å². The predicted octanol–water partition coefficient (Wildman–Crippen LogP) is 3.28. The van der Waals surface area contributed by atoms with E-state index in [0.717, 1.165) is 116 Å². The first-order chi connectivity index (χ1) is 28.0. The van der Waals surface area contributed by atoms with Crippen molar-refractivity contribution < 1.29 is 28.3 Å². The number of piperidine rings is 2. The van der Waals surface area contributed by atoms with E-state index in [1.54, 1.807) is 12.1 Å². The molecule has 1 atom stereocenters. The van der Waals surface area contributed by atoms with E-state index in [0.29, 0.717) is 43.2 Å². The van der Waals surface area contributed by atoms with Gasteiger partial charge in [-0.2, -0.15) is 5.10 Å². The van der Waals surface area contributed by atoms with E-state index in [-0.39, 0.29) is 24.3 Å². The Labute approximate surface area is 336 Å². The van der Waals surface area contributed by atoms with Crippen molar-refractivity contribution in [1.82, 2.24) is 40.4 Å². The van der Waals surface area contributed by atoms with Crippen LogP contribution in [0.25, 0.3) is 16.5 Å². The lowest BCUT2D eigenvalue weighted by Gasteiger charge is -2.50. The minimum absolute atomic E-state index is 0.0557. The number of nitrogens with one attached hydrogen (secondary N) is 3. The summed E-state index contributed by atoms with van der Waals surface area (Å²) in [5.74, 6) is 0.386. The maximum Gasteiger partial charge on any atom is 0.262 e. The van der Waals surface area contributed by atoms with E-state index in [1.807, 2.05) is 18.2 Å². The summed E-state index contributed by atoms with van der Waals surface area (Å²) in [6.45, 7) is 10.2. The third-order valence-electron chi connectivity index (χ3n) is 13.2. The molecule has 7 aliphatic rings. The van der Waals surface area contributed by atoms with E-state index in [1.165, 1.54) is 0 Å². The van der Waals surface area contributed by atoms with Gasteiger partial charge in [0.25, 0.3) is 11.8 Å². The van der Waals surface area contributed by atoms with E-state index in [2.05, 4.69) is 65.6 Å². The quantitative estimate of drug-likeness (QED) is 0.260. The van der Waals surface area contributed by atoms with Gasteiger partial charge in [0, 0.05) is 82.0 Å². The number of alkyl halides is 1. The number of dihydropyridines is 1. The molecule has 3 aromatic rings. The van der Waals surface area contributed by atoms with Gasteiger partial charge in [0.15, 0.2) is 5.67 Å². The molecule has 15 heteroatoms. The van der Waals surface area contributed by atoms with Gasteiger partial charge in [-0.05, 0) is 87.4 Å². The van der Waals surface area contributed by atoms with Gasteiger partial charge < -0.3 is 24.8 Å². The topological polar surface area (TPSA) is 146 Å². The number of carbonyl (C=O) groups is 4. The Morgan fingerprint density at radius 1 is 0.879 bits per heavy atom. The fourth-order valence-electron chi connectivity index (χ4n) is 9.56. The number of nitrogens with zero attached hydrogens (tertiary/aromatic N) is 6. The molecule has 58 heavy (non-hydrogen) atoms.